The van der Waals surface area contributed by atoms with Gasteiger partial charge in [0.05, 0.1) is 7.11 Å². The number of nitrogens with one attached hydrogen (secondary N) is 2. The summed E-state index contributed by atoms with van der Waals surface area (Å²) in [5, 5.41) is 15.9. The summed E-state index contributed by atoms with van der Waals surface area (Å²) in [5.41, 5.74) is 1.68. The summed E-state index contributed by atoms with van der Waals surface area (Å²) in [7, 11) is 1.56. The van der Waals surface area contributed by atoms with Crippen LogP contribution in [0.25, 0.3) is 0 Å². The van der Waals surface area contributed by atoms with Gasteiger partial charge in [0.1, 0.15) is 29.2 Å². The fourth-order valence-electron chi connectivity index (χ4n) is 4.51. The number of methoxy groups -OCH3 is 1. The van der Waals surface area contributed by atoms with Crippen LogP contribution in [0.3, 0.4) is 0 Å². The molecule has 3 aromatic rings. The molecule has 0 heterocycles. The fourth-order valence-corrected chi connectivity index (χ4v) is 4.51. The van der Waals surface area contributed by atoms with Crippen LogP contribution in [0.5, 0.6) is 11.5 Å². The number of benzene rings is 3. The summed E-state index contributed by atoms with van der Waals surface area (Å²) in [6.45, 7) is 9.12. The van der Waals surface area contributed by atoms with Crippen molar-refractivity contribution in [2.75, 3.05) is 19.0 Å². The second kappa shape index (κ2) is 14.4. The van der Waals surface area contributed by atoms with E-state index in [0.717, 1.165) is 5.56 Å². The van der Waals surface area contributed by atoms with Crippen LogP contribution in [0, 0.1) is 6.92 Å². The molecule has 3 aromatic carbocycles. The number of carbonyl (C=O) groups excluding carboxylic acids is 3. The summed E-state index contributed by atoms with van der Waals surface area (Å²) >= 11 is 0. The Morgan fingerprint density at radius 1 is 0.976 bits per heavy atom. The lowest BCUT2D eigenvalue weighted by Gasteiger charge is -2.34. The van der Waals surface area contributed by atoms with Crippen molar-refractivity contribution in [3.8, 4) is 11.5 Å². The zero-order chi connectivity index (χ0) is 30.9. The topological polar surface area (TPSA) is 117 Å². The van der Waals surface area contributed by atoms with E-state index >= 15 is 0 Å². The highest BCUT2D eigenvalue weighted by Gasteiger charge is 2.36. The van der Waals surface area contributed by atoms with Crippen molar-refractivity contribution < 1.29 is 29.0 Å². The van der Waals surface area contributed by atoms with Crippen LogP contribution in [-0.2, 0) is 20.7 Å². The zero-order valence-corrected chi connectivity index (χ0v) is 25.1. The van der Waals surface area contributed by atoms with E-state index in [0.29, 0.717) is 29.0 Å². The van der Waals surface area contributed by atoms with Crippen LogP contribution >= 0.6 is 0 Å². The van der Waals surface area contributed by atoms with Gasteiger partial charge >= 0.3 is 6.09 Å². The molecule has 0 aliphatic heterocycles. The number of amides is 3. The number of hydrogen-bond donors (Lipinski definition) is 3. The van der Waals surface area contributed by atoms with Crippen LogP contribution in [-0.4, -0.2) is 53.2 Å². The molecule has 0 aromatic heterocycles. The third-order valence-corrected chi connectivity index (χ3v) is 6.47. The van der Waals surface area contributed by atoms with Gasteiger partial charge in [0.2, 0.25) is 5.91 Å². The quantitative estimate of drug-likeness (QED) is 0.268. The molecule has 0 saturated carbocycles. The maximum Gasteiger partial charge on any atom is 0.408 e. The predicted molar refractivity (Wildman–Crippen MR) is 163 cm³/mol. The van der Waals surface area contributed by atoms with Gasteiger partial charge in [0, 0.05) is 18.7 Å². The summed E-state index contributed by atoms with van der Waals surface area (Å²) in [5.74, 6) is -0.164. The van der Waals surface area contributed by atoms with Gasteiger partial charge in [-0.05, 0) is 87.2 Å². The summed E-state index contributed by atoms with van der Waals surface area (Å²) < 4.78 is 10.7. The molecule has 0 radical (unpaired) electrons. The van der Waals surface area contributed by atoms with E-state index in [9.17, 15) is 19.5 Å². The molecule has 0 aliphatic carbocycles. The lowest BCUT2D eigenvalue weighted by atomic mass is 9.98. The summed E-state index contributed by atoms with van der Waals surface area (Å²) in [6, 6.07) is 19.0. The van der Waals surface area contributed by atoms with Crippen LogP contribution < -0.4 is 15.4 Å². The van der Waals surface area contributed by atoms with Crippen LogP contribution in [0.2, 0.25) is 0 Å². The Morgan fingerprint density at radius 2 is 1.64 bits per heavy atom. The van der Waals surface area contributed by atoms with Crippen molar-refractivity contribution in [2.45, 2.75) is 65.1 Å². The van der Waals surface area contributed by atoms with Gasteiger partial charge in [-0.2, -0.15) is 0 Å². The second-order valence-electron chi connectivity index (χ2n) is 11.1. The number of nitrogens with zero attached hydrogens (tertiary/aromatic N) is 1. The number of anilines is 1. The number of aromatic hydroxyl groups is 1. The normalized spacial score (nSPS) is 12.5. The number of phenolic OH excluding ortho intramolecular Hbond substituents is 1. The monoisotopic (exact) mass is 575 g/mol. The Balaban J connectivity index is 2.04. The van der Waals surface area contributed by atoms with E-state index in [2.05, 4.69) is 10.6 Å². The molecule has 3 N–H and O–H groups in total. The molecule has 224 valence electrons. The highest BCUT2D eigenvalue weighted by atomic mass is 16.6. The Hall–Kier alpha value is -4.53. The molecule has 9 heteroatoms. The van der Waals surface area contributed by atoms with Gasteiger partial charge in [0.15, 0.2) is 0 Å². The Morgan fingerprint density at radius 3 is 2.21 bits per heavy atom. The van der Waals surface area contributed by atoms with Crippen molar-refractivity contribution in [1.29, 1.82) is 0 Å². The molecule has 0 bridgehead atoms. The average molecular weight is 576 g/mol. The first kappa shape index (κ1) is 32.0. The predicted octanol–water partition coefficient (Wildman–Crippen LogP) is 5.76. The van der Waals surface area contributed by atoms with Crippen molar-refractivity contribution in [2.24, 2.45) is 0 Å². The molecule has 2 atom stereocenters. The lowest BCUT2D eigenvalue weighted by molar-refractivity contribution is -0.140. The van der Waals surface area contributed by atoms with Gasteiger partial charge in [0.25, 0.3) is 5.91 Å². The minimum atomic E-state index is -1.06. The third-order valence-electron chi connectivity index (χ3n) is 6.47. The Kier molecular flexibility index (Phi) is 11.0. The summed E-state index contributed by atoms with van der Waals surface area (Å²) in [6.07, 6.45) is 0.0214. The molecule has 3 rings (SSSR count). The van der Waals surface area contributed by atoms with Crippen LogP contribution in [0.15, 0.2) is 72.8 Å². The molecule has 3 amide bonds. The second-order valence-corrected chi connectivity index (χ2v) is 11.1. The van der Waals surface area contributed by atoms with E-state index in [1.807, 2.05) is 37.3 Å². The minimum Gasteiger partial charge on any atom is -0.508 e. The zero-order valence-electron chi connectivity index (χ0n) is 25.1. The number of hydrogen-bond acceptors (Lipinski definition) is 6. The first-order chi connectivity index (χ1) is 19.9. The Labute approximate surface area is 247 Å². The van der Waals surface area contributed by atoms with Gasteiger partial charge in [-0.1, -0.05) is 43.3 Å². The first-order valence-corrected chi connectivity index (χ1v) is 14.0. The number of aryl methyl sites for hydroxylation is 1. The fraction of sp³-hybridized carbons (Fsp3) is 0.364. The molecule has 2 unspecified atom stereocenters. The van der Waals surface area contributed by atoms with E-state index in [-0.39, 0.29) is 18.7 Å². The molecule has 9 nitrogen and oxygen atoms in total. The van der Waals surface area contributed by atoms with Gasteiger partial charge in [-0.15, -0.1) is 0 Å². The van der Waals surface area contributed by atoms with Crippen molar-refractivity contribution in [1.82, 2.24) is 10.2 Å². The van der Waals surface area contributed by atoms with Crippen molar-refractivity contribution in [3.05, 3.63) is 89.5 Å². The lowest BCUT2D eigenvalue weighted by Crippen LogP contribution is -2.53. The molecular formula is C33H41N3O6. The van der Waals surface area contributed by atoms with Gasteiger partial charge < -0.3 is 30.1 Å². The SMILES string of the molecule is CCCN(C(=O)C(Cc1ccccc1)NC(=O)OC(C)(C)C)C(C(=O)Nc1ccc(OC)cc1)c1ccc(O)c(C)c1. The number of phenols is 1. The number of alkyl carbamates (subject to hydrolysis) is 1. The highest BCUT2D eigenvalue weighted by Crippen LogP contribution is 2.29. The van der Waals surface area contributed by atoms with E-state index in [1.165, 1.54) is 11.0 Å². The number of rotatable bonds is 11. The minimum absolute atomic E-state index is 0.0787. The average Bonchev–Trinajstić information content (AvgIpc) is 2.94. The standard InChI is InChI=1S/C33H41N3O6/c1-7-19-36(31(39)27(21-23-11-9-8-10-12-23)35-32(40)42-33(3,4)5)29(24-13-18-28(37)22(2)20-24)30(38)34-25-14-16-26(41-6)17-15-25/h8-18,20,27,29,37H,7,19,21H2,1-6H3,(H,34,38)(H,35,40). The molecule has 0 saturated heterocycles. The number of carbonyl (C=O) groups is 3. The van der Waals surface area contributed by atoms with Crippen LogP contribution in [0.1, 0.15) is 56.8 Å². The maximum atomic E-state index is 14.4. The molecule has 42 heavy (non-hydrogen) atoms. The van der Waals surface area contributed by atoms with E-state index in [1.54, 1.807) is 71.2 Å². The smallest absolute Gasteiger partial charge is 0.408 e. The molecule has 0 aliphatic rings. The largest absolute Gasteiger partial charge is 0.508 e. The van der Waals surface area contributed by atoms with Crippen LogP contribution in [0.4, 0.5) is 10.5 Å². The third kappa shape index (κ3) is 8.99. The Bertz CT molecular complexity index is 1350. The summed E-state index contributed by atoms with van der Waals surface area (Å²) in [4.78, 5) is 42.7. The number of ether oxygens (including phenoxy) is 2. The van der Waals surface area contributed by atoms with E-state index < -0.39 is 35.6 Å². The highest BCUT2D eigenvalue weighted by molar-refractivity contribution is 5.99. The molecule has 0 spiro atoms. The van der Waals surface area contributed by atoms with Crippen molar-refractivity contribution >= 4 is 23.6 Å². The maximum absolute atomic E-state index is 14.4. The molecule has 0 fully saturated rings. The van der Waals surface area contributed by atoms with Gasteiger partial charge in [-0.3, -0.25) is 9.59 Å². The molecular weight excluding hydrogens is 534 g/mol. The van der Waals surface area contributed by atoms with Gasteiger partial charge in [-0.25, -0.2) is 4.79 Å². The first-order valence-electron chi connectivity index (χ1n) is 14.0. The van der Waals surface area contributed by atoms with Crippen molar-refractivity contribution in [3.63, 3.8) is 0 Å². The van der Waals surface area contributed by atoms with E-state index in [4.69, 9.17) is 9.47 Å².